The first-order valence-corrected chi connectivity index (χ1v) is 18.0. The van der Waals surface area contributed by atoms with Crippen LogP contribution in [0.5, 0.6) is 0 Å². The zero-order valence-corrected chi connectivity index (χ0v) is 32.2. The summed E-state index contributed by atoms with van der Waals surface area (Å²) >= 11 is 1.53. The number of hydrogen-bond donors (Lipinski definition) is 5. The fraction of sp³-hybridized carbons (Fsp3) is 0.436. The van der Waals surface area contributed by atoms with E-state index < -0.39 is 70.1 Å². The third kappa shape index (κ3) is 14.4. The van der Waals surface area contributed by atoms with E-state index in [4.69, 9.17) is 25.1 Å². The lowest BCUT2D eigenvalue weighted by atomic mass is 9.84. The number of carbonyl (C=O) groups is 4. The van der Waals surface area contributed by atoms with E-state index in [1.807, 2.05) is 75.4 Å². The Morgan fingerprint density at radius 2 is 1.13 bits per heavy atom. The van der Waals surface area contributed by atoms with E-state index in [0.717, 1.165) is 16.7 Å². The Hall–Kier alpha value is -4.44. The van der Waals surface area contributed by atoms with Gasteiger partial charge in [-0.25, -0.2) is 9.59 Å². The number of ether oxygens (including phenoxy) is 2. The lowest BCUT2D eigenvalue weighted by molar-refractivity contribution is -0.192. The van der Waals surface area contributed by atoms with Gasteiger partial charge in [0.05, 0.1) is 34.7 Å². The molecule has 0 fully saturated rings. The predicted octanol–water partition coefficient (Wildman–Crippen LogP) is 5.75. The number of carboxylic acid groups (broad SMARTS) is 2. The summed E-state index contributed by atoms with van der Waals surface area (Å²) in [5.74, 6) is -5.10. The number of hydrogen-bond acceptors (Lipinski definition) is 8. The van der Waals surface area contributed by atoms with Gasteiger partial charge in [0.2, 0.25) is 11.8 Å². The van der Waals surface area contributed by atoms with Gasteiger partial charge < -0.3 is 36.1 Å². The molecule has 0 aliphatic carbocycles. The molecule has 0 spiro atoms. The number of halogens is 3. The van der Waals surface area contributed by atoms with E-state index in [1.54, 1.807) is 27.7 Å². The third-order valence-electron chi connectivity index (χ3n) is 7.49. The summed E-state index contributed by atoms with van der Waals surface area (Å²) < 4.78 is 42.7. The summed E-state index contributed by atoms with van der Waals surface area (Å²) in [6, 6.07) is 26.6. The molecule has 4 atom stereocenters. The van der Waals surface area contributed by atoms with Crippen LogP contribution in [0.1, 0.15) is 65.2 Å². The van der Waals surface area contributed by atoms with Crippen molar-refractivity contribution < 1.29 is 52.0 Å². The average Bonchev–Trinajstić information content (AvgIpc) is 3.09. The van der Waals surface area contributed by atoms with Crippen molar-refractivity contribution in [2.75, 3.05) is 12.4 Å². The Kier molecular flexibility index (Phi) is 16.7. The molecule has 0 saturated carbocycles. The molecule has 54 heavy (non-hydrogen) atoms. The maximum Gasteiger partial charge on any atom is 0.490 e. The normalized spacial score (nSPS) is 14.4. The molecule has 3 aromatic carbocycles. The molecule has 6 N–H and O–H groups in total. The van der Waals surface area contributed by atoms with Crippen molar-refractivity contribution in [1.82, 2.24) is 10.6 Å². The summed E-state index contributed by atoms with van der Waals surface area (Å²) in [6.07, 6.45) is -5.89. The van der Waals surface area contributed by atoms with Crippen LogP contribution in [0.25, 0.3) is 0 Å². The van der Waals surface area contributed by atoms with Crippen molar-refractivity contribution in [3.05, 3.63) is 108 Å². The van der Waals surface area contributed by atoms with E-state index >= 15 is 0 Å². The maximum absolute atomic E-state index is 13.7. The Morgan fingerprint density at radius 1 is 0.722 bits per heavy atom. The van der Waals surface area contributed by atoms with Gasteiger partial charge in [-0.05, 0) is 65.2 Å². The second-order valence-electron chi connectivity index (χ2n) is 14.2. The fourth-order valence-electron chi connectivity index (χ4n) is 5.11. The number of nitrogens with two attached hydrogens (primary N) is 1. The van der Waals surface area contributed by atoms with Crippen LogP contribution in [-0.4, -0.2) is 87.9 Å². The Morgan fingerprint density at radius 3 is 1.46 bits per heavy atom. The molecule has 296 valence electrons. The SMILES string of the molecule is C[C@@H](OC(C)(C)C)[C@H](NC(=O)[C@@H](N)CSC(c1ccccc1)(c1ccccc1)c1ccccc1)C(=O)N[C@@H](COC(C)(C)C)C(=O)O.O=C(O)C(F)(F)F. The molecule has 0 aromatic heterocycles. The highest BCUT2D eigenvalue weighted by atomic mass is 32.2. The van der Waals surface area contributed by atoms with E-state index in [0.29, 0.717) is 0 Å². The Bertz CT molecular complexity index is 1550. The highest BCUT2D eigenvalue weighted by molar-refractivity contribution is 8.00. The van der Waals surface area contributed by atoms with Gasteiger partial charge in [0, 0.05) is 5.75 Å². The van der Waals surface area contributed by atoms with Crippen LogP contribution in [-0.2, 0) is 33.4 Å². The lowest BCUT2D eigenvalue weighted by Gasteiger charge is -2.36. The third-order valence-corrected chi connectivity index (χ3v) is 9.15. The number of benzene rings is 3. The molecular weight excluding hydrogens is 728 g/mol. The summed E-state index contributed by atoms with van der Waals surface area (Å²) in [7, 11) is 0. The van der Waals surface area contributed by atoms with Gasteiger partial charge in [-0.3, -0.25) is 9.59 Å². The summed E-state index contributed by atoms with van der Waals surface area (Å²) in [4.78, 5) is 48.2. The van der Waals surface area contributed by atoms with Gasteiger partial charge >= 0.3 is 18.1 Å². The number of carbonyl (C=O) groups excluding carboxylic acids is 2. The van der Waals surface area contributed by atoms with Crippen molar-refractivity contribution in [3.8, 4) is 0 Å². The standard InChI is InChI=1S/C37H49N3O6S.C2HF3O2/c1-25(46-36(5,6)7)31(33(42)39-30(34(43)44)23-45-35(2,3)4)40-32(41)29(38)24-47-37(26-17-11-8-12-18-26,27-19-13-9-14-20-27)28-21-15-10-16-22-28;3-2(4,5)1(6)7/h8-22,25,29-31H,23-24,38H2,1-7H3,(H,39,42)(H,40,41)(H,43,44);(H,6,7)/t25-,29+,30+,31+;/m1./s1. The first-order valence-electron chi connectivity index (χ1n) is 17.0. The molecule has 0 bridgehead atoms. The van der Waals surface area contributed by atoms with Crippen molar-refractivity contribution in [3.63, 3.8) is 0 Å². The van der Waals surface area contributed by atoms with Gasteiger partial charge in [-0.2, -0.15) is 13.2 Å². The molecule has 11 nitrogen and oxygen atoms in total. The molecule has 3 rings (SSSR count). The van der Waals surface area contributed by atoms with E-state index in [9.17, 15) is 32.7 Å². The predicted molar refractivity (Wildman–Crippen MR) is 201 cm³/mol. The smallest absolute Gasteiger partial charge is 0.480 e. The van der Waals surface area contributed by atoms with Gasteiger partial charge in [-0.15, -0.1) is 11.8 Å². The van der Waals surface area contributed by atoms with Crippen LogP contribution >= 0.6 is 11.8 Å². The molecule has 0 aliphatic heterocycles. The molecule has 2 amide bonds. The molecule has 0 saturated heterocycles. The quantitative estimate of drug-likeness (QED) is 0.120. The number of alkyl halides is 3. The second kappa shape index (κ2) is 19.8. The number of amides is 2. The summed E-state index contributed by atoms with van der Waals surface area (Å²) in [6.45, 7) is 12.3. The van der Waals surface area contributed by atoms with Crippen LogP contribution in [0.15, 0.2) is 91.0 Å². The minimum atomic E-state index is -5.08. The van der Waals surface area contributed by atoms with E-state index in [-0.39, 0.29) is 12.4 Å². The molecular formula is C39H50F3N3O8S. The van der Waals surface area contributed by atoms with Crippen LogP contribution < -0.4 is 16.4 Å². The van der Waals surface area contributed by atoms with Crippen LogP contribution in [0.4, 0.5) is 13.2 Å². The van der Waals surface area contributed by atoms with E-state index in [1.165, 1.54) is 11.8 Å². The number of carboxylic acids is 2. The second-order valence-corrected chi connectivity index (χ2v) is 15.5. The van der Waals surface area contributed by atoms with Crippen LogP contribution in [0.2, 0.25) is 0 Å². The topological polar surface area (TPSA) is 177 Å². The lowest BCUT2D eigenvalue weighted by Crippen LogP contribution is -2.60. The molecule has 0 aliphatic rings. The number of thioether (sulfide) groups is 1. The van der Waals surface area contributed by atoms with Gasteiger partial charge in [0.25, 0.3) is 0 Å². The maximum atomic E-state index is 13.7. The number of rotatable bonds is 15. The Balaban J connectivity index is 0.00000131. The molecule has 15 heteroatoms. The van der Waals surface area contributed by atoms with Crippen molar-refractivity contribution >= 4 is 35.5 Å². The Labute approximate surface area is 318 Å². The van der Waals surface area contributed by atoms with Crippen molar-refractivity contribution in [2.45, 2.75) is 94.8 Å². The fourth-order valence-corrected chi connectivity index (χ4v) is 6.60. The van der Waals surface area contributed by atoms with Gasteiger partial charge in [0.15, 0.2) is 6.04 Å². The minimum Gasteiger partial charge on any atom is -0.480 e. The van der Waals surface area contributed by atoms with Crippen LogP contribution in [0.3, 0.4) is 0 Å². The molecule has 0 heterocycles. The molecule has 0 radical (unpaired) electrons. The van der Waals surface area contributed by atoms with Gasteiger partial charge in [-0.1, -0.05) is 91.0 Å². The summed E-state index contributed by atoms with van der Waals surface area (Å²) in [5.41, 5.74) is 8.37. The highest BCUT2D eigenvalue weighted by Gasteiger charge is 2.40. The van der Waals surface area contributed by atoms with Crippen LogP contribution in [0, 0.1) is 0 Å². The zero-order valence-electron chi connectivity index (χ0n) is 31.3. The first kappa shape index (κ1) is 45.7. The van der Waals surface area contributed by atoms with Crippen molar-refractivity contribution in [1.29, 1.82) is 0 Å². The molecule has 0 unspecified atom stereocenters. The van der Waals surface area contributed by atoms with E-state index in [2.05, 4.69) is 47.0 Å². The number of aliphatic carboxylic acids is 2. The average molecular weight is 778 g/mol. The molecule has 3 aromatic rings. The first-order chi connectivity index (χ1) is 25.0. The summed E-state index contributed by atoms with van der Waals surface area (Å²) in [5, 5.41) is 22.2. The van der Waals surface area contributed by atoms with Crippen molar-refractivity contribution in [2.24, 2.45) is 5.73 Å². The van der Waals surface area contributed by atoms with Gasteiger partial charge in [0.1, 0.15) is 6.04 Å². The largest absolute Gasteiger partial charge is 0.490 e. The zero-order chi connectivity index (χ0) is 40.9. The highest BCUT2D eigenvalue weighted by Crippen LogP contribution is 2.48. The minimum absolute atomic E-state index is 0.199. The monoisotopic (exact) mass is 777 g/mol. The number of nitrogens with one attached hydrogen (secondary N) is 2.